The Hall–Kier alpha value is -3.49. The van der Waals surface area contributed by atoms with Crippen LogP contribution in [-0.2, 0) is 4.74 Å². The number of benzene rings is 2. The SMILES string of the molecule is CCOC(=O)c1c(-c2ccc(F)cc2)oc2cc([N+](=O)[O-])c(OC(C)C)c(F)c12. The number of hydrogen-bond acceptors (Lipinski definition) is 6. The minimum Gasteiger partial charge on any atom is -0.482 e. The van der Waals surface area contributed by atoms with Crippen molar-refractivity contribution in [2.45, 2.75) is 26.9 Å². The van der Waals surface area contributed by atoms with Crippen LogP contribution in [0.1, 0.15) is 31.1 Å². The molecule has 0 aliphatic carbocycles. The van der Waals surface area contributed by atoms with E-state index in [4.69, 9.17) is 13.9 Å². The minimum atomic E-state index is -1.11. The van der Waals surface area contributed by atoms with Gasteiger partial charge in [0.2, 0.25) is 5.75 Å². The van der Waals surface area contributed by atoms with Crippen LogP contribution in [0.25, 0.3) is 22.3 Å². The summed E-state index contributed by atoms with van der Waals surface area (Å²) < 4.78 is 44.6. The van der Waals surface area contributed by atoms with E-state index in [-0.39, 0.29) is 34.5 Å². The Morgan fingerprint density at radius 3 is 2.45 bits per heavy atom. The monoisotopic (exact) mass is 405 g/mol. The lowest BCUT2D eigenvalue weighted by Crippen LogP contribution is -2.10. The summed E-state index contributed by atoms with van der Waals surface area (Å²) in [5, 5.41) is 11.1. The molecule has 152 valence electrons. The van der Waals surface area contributed by atoms with Crippen LogP contribution in [-0.4, -0.2) is 23.6 Å². The van der Waals surface area contributed by atoms with Crippen LogP contribution < -0.4 is 4.74 Å². The first-order chi connectivity index (χ1) is 13.7. The molecule has 0 N–H and O–H groups in total. The van der Waals surface area contributed by atoms with Crippen molar-refractivity contribution in [3.63, 3.8) is 0 Å². The minimum absolute atomic E-state index is 0.0122. The summed E-state index contributed by atoms with van der Waals surface area (Å²) in [5.41, 5.74) is -0.848. The highest BCUT2D eigenvalue weighted by Crippen LogP contribution is 2.43. The van der Waals surface area contributed by atoms with Crippen molar-refractivity contribution in [1.82, 2.24) is 0 Å². The number of halogens is 2. The van der Waals surface area contributed by atoms with Crippen molar-refractivity contribution in [2.75, 3.05) is 6.61 Å². The molecule has 1 aromatic heterocycles. The van der Waals surface area contributed by atoms with E-state index in [9.17, 15) is 19.3 Å². The first kappa shape index (κ1) is 20.2. The normalized spacial score (nSPS) is 11.1. The molecule has 0 unspecified atom stereocenters. The van der Waals surface area contributed by atoms with Crippen molar-refractivity contribution in [2.24, 2.45) is 0 Å². The highest BCUT2D eigenvalue weighted by atomic mass is 19.1. The Labute approximate surface area is 164 Å². The summed E-state index contributed by atoms with van der Waals surface area (Å²) in [4.78, 5) is 23.2. The van der Waals surface area contributed by atoms with Crippen molar-refractivity contribution in [3.05, 3.63) is 57.6 Å². The molecular formula is C20H17F2NO6. The van der Waals surface area contributed by atoms with Gasteiger partial charge in [-0.2, -0.15) is 0 Å². The van der Waals surface area contributed by atoms with E-state index in [1.165, 1.54) is 12.1 Å². The number of rotatable bonds is 6. The van der Waals surface area contributed by atoms with E-state index in [1.54, 1.807) is 20.8 Å². The fraction of sp³-hybridized carbons (Fsp3) is 0.250. The molecule has 7 nitrogen and oxygen atoms in total. The predicted octanol–water partition coefficient (Wildman–Crippen LogP) is 5.25. The standard InChI is InChI=1S/C20H17F2NO6/c1-4-27-20(24)16-15-14(29-18(16)11-5-7-12(21)8-6-11)9-13(23(25)26)19(17(15)22)28-10(2)3/h5-10H,4H2,1-3H3. The van der Waals surface area contributed by atoms with Crippen LogP contribution in [0.3, 0.4) is 0 Å². The van der Waals surface area contributed by atoms with Crippen LogP contribution in [0.15, 0.2) is 34.7 Å². The number of ether oxygens (including phenoxy) is 2. The fourth-order valence-electron chi connectivity index (χ4n) is 2.87. The van der Waals surface area contributed by atoms with Crippen LogP contribution in [0.5, 0.6) is 5.75 Å². The first-order valence-corrected chi connectivity index (χ1v) is 8.77. The molecule has 0 atom stereocenters. The Bertz CT molecular complexity index is 1090. The smallest absolute Gasteiger partial charge is 0.342 e. The van der Waals surface area contributed by atoms with Crippen molar-refractivity contribution in [1.29, 1.82) is 0 Å². The van der Waals surface area contributed by atoms with E-state index < -0.39 is 40.1 Å². The van der Waals surface area contributed by atoms with Crippen LogP contribution >= 0.6 is 0 Å². The molecule has 0 spiro atoms. The molecular weight excluding hydrogens is 388 g/mol. The molecule has 0 fully saturated rings. The molecule has 3 aromatic rings. The van der Waals surface area contributed by atoms with E-state index in [0.717, 1.165) is 18.2 Å². The Balaban J connectivity index is 2.39. The third-order valence-electron chi connectivity index (χ3n) is 3.99. The maximum atomic E-state index is 15.3. The Morgan fingerprint density at radius 1 is 1.24 bits per heavy atom. The van der Waals surface area contributed by atoms with E-state index >= 15 is 4.39 Å². The molecule has 3 rings (SSSR count). The van der Waals surface area contributed by atoms with Gasteiger partial charge >= 0.3 is 11.7 Å². The average Bonchev–Trinajstić information content (AvgIpc) is 3.04. The second kappa shape index (κ2) is 7.86. The summed E-state index contributed by atoms with van der Waals surface area (Å²) >= 11 is 0. The number of carbonyl (C=O) groups is 1. The molecule has 2 aromatic carbocycles. The lowest BCUT2D eigenvalue weighted by Gasteiger charge is -2.11. The van der Waals surface area contributed by atoms with E-state index in [0.29, 0.717) is 0 Å². The molecule has 9 heteroatoms. The van der Waals surface area contributed by atoms with Gasteiger partial charge in [-0.1, -0.05) is 0 Å². The summed E-state index contributed by atoms with van der Waals surface area (Å²) in [7, 11) is 0. The number of esters is 1. The van der Waals surface area contributed by atoms with Gasteiger partial charge in [-0.3, -0.25) is 10.1 Å². The van der Waals surface area contributed by atoms with Gasteiger partial charge in [0, 0.05) is 5.56 Å². The zero-order chi connectivity index (χ0) is 21.3. The molecule has 0 saturated carbocycles. The Morgan fingerprint density at radius 2 is 1.90 bits per heavy atom. The number of hydrogen-bond donors (Lipinski definition) is 0. The van der Waals surface area contributed by atoms with E-state index in [2.05, 4.69) is 0 Å². The number of nitro groups is 1. The largest absolute Gasteiger partial charge is 0.482 e. The molecule has 0 aliphatic heterocycles. The third-order valence-corrected chi connectivity index (χ3v) is 3.99. The van der Waals surface area contributed by atoms with Crippen molar-refractivity contribution in [3.8, 4) is 17.1 Å². The number of furan rings is 1. The van der Waals surface area contributed by atoms with Crippen LogP contribution in [0, 0.1) is 21.7 Å². The number of nitro benzene ring substituents is 1. The molecule has 29 heavy (non-hydrogen) atoms. The maximum Gasteiger partial charge on any atom is 0.342 e. The second-order valence-electron chi connectivity index (χ2n) is 6.37. The lowest BCUT2D eigenvalue weighted by molar-refractivity contribution is -0.386. The van der Waals surface area contributed by atoms with Crippen molar-refractivity contribution < 1.29 is 32.4 Å². The van der Waals surface area contributed by atoms with Gasteiger partial charge in [-0.05, 0) is 45.0 Å². The molecule has 1 heterocycles. The molecule has 0 radical (unpaired) electrons. The zero-order valence-corrected chi connectivity index (χ0v) is 15.8. The third kappa shape index (κ3) is 3.75. The summed E-state index contributed by atoms with van der Waals surface area (Å²) in [6, 6.07) is 5.96. The van der Waals surface area contributed by atoms with Gasteiger partial charge in [0.25, 0.3) is 0 Å². The first-order valence-electron chi connectivity index (χ1n) is 8.77. The van der Waals surface area contributed by atoms with Crippen LogP contribution in [0.2, 0.25) is 0 Å². The Kier molecular flexibility index (Phi) is 5.49. The lowest BCUT2D eigenvalue weighted by atomic mass is 10.0. The van der Waals surface area contributed by atoms with Gasteiger partial charge in [0.05, 0.1) is 29.1 Å². The highest BCUT2D eigenvalue weighted by Gasteiger charge is 2.32. The summed E-state index contributed by atoms with van der Waals surface area (Å²) in [6.07, 6.45) is -0.560. The number of carbonyl (C=O) groups excluding carboxylic acids is 1. The number of fused-ring (bicyclic) bond motifs is 1. The van der Waals surface area contributed by atoms with Crippen molar-refractivity contribution >= 4 is 22.6 Å². The maximum absolute atomic E-state index is 15.3. The molecule has 0 aliphatic rings. The van der Waals surface area contributed by atoms with Gasteiger partial charge in [-0.25, -0.2) is 13.6 Å². The van der Waals surface area contributed by atoms with Gasteiger partial charge in [0.1, 0.15) is 22.7 Å². The topological polar surface area (TPSA) is 91.8 Å². The molecule has 0 bridgehead atoms. The second-order valence-corrected chi connectivity index (χ2v) is 6.37. The van der Waals surface area contributed by atoms with Gasteiger partial charge < -0.3 is 13.9 Å². The van der Waals surface area contributed by atoms with Gasteiger partial charge in [-0.15, -0.1) is 0 Å². The average molecular weight is 405 g/mol. The summed E-state index contributed by atoms with van der Waals surface area (Å²) in [5.74, 6) is -3.20. The van der Waals surface area contributed by atoms with Gasteiger partial charge in [0.15, 0.2) is 5.82 Å². The summed E-state index contributed by atoms with van der Waals surface area (Å²) in [6.45, 7) is 4.75. The quantitative estimate of drug-likeness (QED) is 0.316. The zero-order valence-electron chi connectivity index (χ0n) is 15.8. The van der Waals surface area contributed by atoms with Crippen LogP contribution in [0.4, 0.5) is 14.5 Å². The predicted molar refractivity (Wildman–Crippen MR) is 99.9 cm³/mol. The number of nitrogens with zero attached hydrogens (tertiary/aromatic N) is 1. The molecule has 0 saturated heterocycles. The molecule has 0 amide bonds. The highest BCUT2D eigenvalue weighted by molar-refractivity contribution is 6.10. The fourth-order valence-corrected chi connectivity index (χ4v) is 2.87. The van der Waals surface area contributed by atoms with E-state index in [1.807, 2.05) is 0 Å².